The molecule has 0 aliphatic rings. The van der Waals surface area contributed by atoms with Gasteiger partial charge in [-0.25, -0.2) is 4.39 Å². The summed E-state index contributed by atoms with van der Waals surface area (Å²) in [5.74, 6) is 0.0159. The molecule has 2 aromatic carbocycles. The van der Waals surface area contributed by atoms with Crippen LogP contribution in [-0.4, -0.2) is 32.6 Å². The first-order chi connectivity index (χ1) is 12.0. The van der Waals surface area contributed by atoms with Gasteiger partial charge < -0.3 is 20.1 Å². The van der Waals surface area contributed by atoms with Crippen LogP contribution in [0.2, 0.25) is 0 Å². The molecule has 0 unspecified atom stereocenters. The van der Waals surface area contributed by atoms with Crippen molar-refractivity contribution in [3.63, 3.8) is 0 Å². The van der Waals surface area contributed by atoms with Crippen LogP contribution in [0.15, 0.2) is 42.5 Å². The standard InChI is InChI=1S/C18H19FN2O4/c1-24-15-8-3-12(9-16(15)25-2)10-17(22)20-11-18(23)21-14-6-4-13(19)5-7-14/h3-9H,10-11H2,1-2H3,(H,20,22)(H,21,23). The van der Waals surface area contributed by atoms with Crippen molar-refractivity contribution < 1.29 is 23.5 Å². The number of methoxy groups -OCH3 is 2. The maximum Gasteiger partial charge on any atom is 0.243 e. The minimum absolute atomic E-state index is 0.101. The van der Waals surface area contributed by atoms with Crippen molar-refractivity contribution in [2.75, 3.05) is 26.1 Å². The lowest BCUT2D eigenvalue weighted by Gasteiger charge is -2.10. The van der Waals surface area contributed by atoms with Gasteiger partial charge in [0, 0.05) is 5.69 Å². The molecule has 0 aromatic heterocycles. The lowest BCUT2D eigenvalue weighted by molar-refractivity contribution is -0.123. The SMILES string of the molecule is COc1ccc(CC(=O)NCC(=O)Nc2ccc(F)cc2)cc1OC. The molecule has 0 spiro atoms. The predicted octanol–water partition coefficient (Wildman–Crippen LogP) is 2.14. The van der Waals surface area contributed by atoms with E-state index < -0.39 is 5.91 Å². The number of carbonyl (C=O) groups excluding carboxylic acids is 2. The number of hydrogen-bond donors (Lipinski definition) is 2. The van der Waals surface area contributed by atoms with Crippen molar-refractivity contribution in [3.05, 3.63) is 53.8 Å². The molecule has 0 saturated heterocycles. The van der Waals surface area contributed by atoms with Crippen LogP contribution in [0.1, 0.15) is 5.56 Å². The normalized spacial score (nSPS) is 10.0. The van der Waals surface area contributed by atoms with Crippen LogP contribution < -0.4 is 20.1 Å². The first kappa shape index (κ1) is 18.3. The van der Waals surface area contributed by atoms with Crippen LogP contribution in [0, 0.1) is 5.82 Å². The zero-order valence-corrected chi connectivity index (χ0v) is 14.0. The third kappa shape index (κ3) is 5.49. The van der Waals surface area contributed by atoms with Gasteiger partial charge in [0.05, 0.1) is 27.2 Å². The quantitative estimate of drug-likeness (QED) is 0.805. The lowest BCUT2D eigenvalue weighted by Crippen LogP contribution is -2.33. The Morgan fingerprint density at radius 1 is 0.960 bits per heavy atom. The van der Waals surface area contributed by atoms with Crippen molar-refractivity contribution in [1.82, 2.24) is 5.32 Å². The zero-order chi connectivity index (χ0) is 18.2. The highest BCUT2D eigenvalue weighted by Gasteiger charge is 2.10. The van der Waals surface area contributed by atoms with Crippen LogP contribution in [-0.2, 0) is 16.0 Å². The van der Waals surface area contributed by atoms with Gasteiger partial charge in [-0.2, -0.15) is 0 Å². The molecular weight excluding hydrogens is 327 g/mol. The molecule has 0 aliphatic heterocycles. The van der Waals surface area contributed by atoms with Crippen LogP contribution >= 0.6 is 0 Å². The Labute approximate surface area is 144 Å². The highest BCUT2D eigenvalue weighted by molar-refractivity contribution is 5.94. The number of amides is 2. The molecule has 2 N–H and O–H groups in total. The molecule has 25 heavy (non-hydrogen) atoms. The average molecular weight is 346 g/mol. The van der Waals surface area contributed by atoms with Crippen molar-refractivity contribution in [2.45, 2.75) is 6.42 Å². The van der Waals surface area contributed by atoms with Crippen LogP contribution in [0.3, 0.4) is 0 Å². The van der Waals surface area contributed by atoms with Gasteiger partial charge in [-0.1, -0.05) is 6.07 Å². The second-order valence-corrected chi connectivity index (χ2v) is 5.20. The number of hydrogen-bond acceptors (Lipinski definition) is 4. The van der Waals surface area contributed by atoms with E-state index in [1.165, 1.54) is 38.5 Å². The summed E-state index contributed by atoms with van der Waals surface area (Å²) in [6.07, 6.45) is 0.101. The van der Waals surface area contributed by atoms with Gasteiger partial charge in [0.25, 0.3) is 0 Å². The summed E-state index contributed by atoms with van der Waals surface area (Å²) in [6, 6.07) is 10.5. The fraction of sp³-hybridized carbons (Fsp3) is 0.222. The second-order valence-electron chi connectivity index (χ2n) is 5.20. The van der Waals surface area contributed by atoms with E-state index in [2.05, 4.69) is 10.6 Å². The molecule has 2 amide bonds. The number of ether oxygens (including phenoxy) is 2. The first-order valence-electron chi connectivity index (χ1n) is 7.55. The van der Waals surface area contributed by atoms with Gasteiger partial charge in [-0.3, -0.25) is 9.59 Å². The molecule has 0 radical (unpaired) electrons. The smallest absolute Gasteiger partial charge is 0.243 e. The van der Waals surface area contributed by atoms with Gasteiger partial charge in [-0.15, -0.1) is 0 Å². The molecule has 2 rings (SSSR count). The van der Waals surface area contributed by atoms with Crippen molar-refractivity contribution >= 4 is 17.5 Å². The molecule has 132 valence electrons. The Kier molecular flexibility index (Phi) is 6.33. The van der Waals surface area contributed by atoms with E-state index in [0.29, 0.717) is 17.2 Å². The Morgan fingerprint density at radius 2 is 1.64 bits per heavy atom. The lowest BCUT2D eigenvalue weighted by atomic mass is 10.1. The number of benzene rings is 2. The van der Waals surface area contributed by atoms with Gasteiger partial charge in [0.2, 0.25) is 11.8 Å². The third-order valence-electron chi connectivity index (χ3n) is 3.39. The van der Waals surface area contributed by atoms with Crippen molar-refractivity contribution in [3.8, 4) is 11.5 Å². The number of anilines is 1. The summed E-state index contributed by atoms with van der Waals surface area (Å²) in [6.45, 7) is -0.177. The van der Waals surface area contributed by atoms with E-state index >= 15 is 0 Å². The van der Waals surface area contributed by atoms with Gasteiger partial charge in [0.1, 0.15) is 5.82 Å². The van der Waals surface area contributed by atoms with E-state index in [1.807, 2.05) is 0 Å². The van der Waals surface area contributed by atoms with E-state index in [-0.39, 0.29) is 24.7 Å². The fourth-order valence-corrected chi connectivity index (χ4v) is 2.16. The maximum absolute atomic E-state index is 12.8. The summed E-state index contributed by atoms with van der Waals surface area (Å²) < 4.78 is 23.1. The van der Waals surface area contributed by atoms with Gasteiger partial charge in [0.15, 0.2) is 11.5 Å². The maximum atomic E-state index is 12.8. The topological polar surface area (TPSA) is 76.7 Å². The Hall–Kier alpha value is -3.09. The largest absolute Gasteiger partial charge is 0.493 e. The fourth-order valence-electron chi connectivity index (χ4n) is 2.16. The zero-order valence-electron chi connectivity index (χ0n) is 14.0. The molecule has 0 heterocycles. The first-order valence-corrected chi connectivity index (χ1v) is 7.55. The molecule has 0 fully saturated rings. The van der Waals surface area contributed by atoms with E-state index in [1.54, 1.807) is 18.2 Å². The molecule has 0 atom stereocenters. The van der Waals surface area contributed by atoms with Crippen LogP contribution in [0.4, 0.5) is 10.1 Å². The van der Waals surface area contributed by atoms with E-state index in [0.717, 1.165) is 5.56 Å². The van der Waals surface area contributed by atoms with Gasteiger partial charge in [-0.05, 0) is 42.0 Å². The molecule has 0 aliphatic carbocycles. The summed E-state index contributed by atoms with van der Waals surface area (Å²) in [7, 11) is 3.05. The second kappa shape index (κ2) is 8.68. The minimum atomic E-state index is -0.396. The van der Waals surface area contributed by atoms with E-state index in [4.69, 9.17) is 9.47 Å². The Balaban J connectivity index is 1.84. The molecule has 6 nitrogen and oxygen atoms in total. The van der Waals surface area contributed by atoms with Crippen molar-refractivity contribution in [2.24, 2.45) is 0 Å². The summed E-state index contributed by atoms with van der Waals surface area (Å²) >= 11 is 0. The number of rotatable bonds is 7. The molecular formula is C18H19FN2O4. The Bertz CT molecular complexity index is 747. The summed E-state index contributed by atoms with van der Waals surface area (Å²) in [5, 5.41) is 5.10. The number of nitrogens with one attached hydrogen (secondary N) is 2. The monoisotopic (exact) mass is 346 g/mol. The molecule has 7 heteroatoms. The average Bonchev–Trinajstić information content (AvgIpc) is 2.62. The number of halogens is 1. The predicted molar refractivity (Wildman–Crippen MR) is 91.3 cm³/mol. The number of carbonyl (C=O) groups is 2. The third-order valence-corrected chi connectivity index (χ3v) is 3.39. The highest BCUT2D eigenvalue weighted by Crippen LogP contribution is 2.27. The van der Waals surface area contributed by atoms with Gasteiger partial charge >= 0.3 is 0 Å². The van der Waals surface area contributed by atoms with Crippen LogP contribution in [0.25, 0.3) is 0 Å². The minimum Gasteiger partial charge on any atom is -0.493 e. The van der Waals surface area contributed by atoms with Crippen molar-refractivity contribution in [1.29, 1.82) is 0 Å². The molecule has 0 bridgehead atoms. The highest BCUT2D eigenvalue weighted by atomic mass is 19.1. The summed E-state index contributed by atoms with van der Waals surface area (Å²) in [5.41, 5.74) is 1.19. The molecule has 2 aromatic rings. The van der Waals surface area contributed by atoms with Crippen LogP contribution in [0.5, 0.6) is 11.5 Å². The summed E-state index contributed by atoms with van der Waals surface area (Å²) in [4.78, 5) is 23.7. The van der Waals surface area contributed by atoms with E-state index in [9.17, 15) is 14.0 Å². The Morgan fingerprint density at radius 3 is 2.28 bits per heavy atom. The molecule has 0 saturated carbocycles.